The van der Waals surface area contributed by atoms with Crippen LogP contribution < -0.4 is 16.8 Å². The molecule has 0 bridgehead atoms. The van der Waals surface area contributed by atoms with Gasteiger partial charge in [0.1, 0.15) is 6.04 Å². The highest BCUT2D eigenvalue weighted by atomic mass is 35.5. The summed E-state index contributed by atoms with van der Waals surface area (Å²) in [6.45, 7) is 0. The number of nitrogens with one attached hydrogen (secondary N) is 1. The minimum Gasteiger partial charge on any atom is -0.373 e. The molecule has 0 aliphatic rings. The van der Waals surface area contributed by atoms with Gasteiger partial charge in [-0.3, -0.25) is 4.79 Å². The van der Waals surface area contributed by atoms with Crippen LogP contribution in [0.4, 0.5) is 11.6 Å². The van der Waals surface area contributed by atoms with Gasteiger partial charge in [0.05, 0.1) is 5.69 Å². The Labute approximate surface area is 156 Å². The monoisotopic (exact) mass is 367 g/mol. The first-order valence-electron chi connectivity index (χ1n) is 8.00. The third-order valence-corrected chi connectivity index (χ3v) is 4.14. The molecular formula is C19H18ClN5O. The number of carbonyl (C=O) groups excluding carboxylic acids is 1. The normalized spacial score (nSPS) is 11.7. The number of carbonyl (C=O) groups is 1. The lowest BCUT2D eigenvalue weighted by atomic mass is 10.0. The predicted octanol–water partition coefficient (Wildman–Crippen LogP) is 2.89. The second-order valence-corrected chi connectivity index (χ2v) is 6.24. The van der Waals surface area contributed by atoms with E-state index in [4.69, 9.17) is 23.1 Å². The quantitative estimate of drug-likeness (QED) is 0.621. The van der Waals surface area contributed by atoms with Gasteiger partial charge < -0.3 is 16.8 Å². The Bertz CT molecular complexity index is 897. The predicted molar refractivity (Wildman–Crippen MR) is 104 cm³/mol. The Kier molecular flexibility index (Phi) is 5.34. The number of amides is 1. The summed E-state index contributed by atoms with van der Waals surface area (Å²) in [5.41, 5.74) is 14.5. The minimum atomic E-state index is -0.531. The van der Waals surface area contributed by atoms with Crippen LogP contribution in [0.1, 0.15) is 5.56 Å². The van der Waals surface area contributed by atoms with Crippen molar-refractivity contribution in [1.29, 1.82) is 0 Å². The molecule has 0 fully saturated rings. The molecule has 132 valence electrons. The third-order valence-electron chi connectivity index (χ3n) is 3.89. The number of benzene rings is 2. The standard InChI is InChI=1S/C19H18ClN5O/c20-14-5-1-12(2-6-14)11-17(18(21)26)24-15-7-3-13(4-8-15)16-9-10-23-19(22)25-16/h1-10,17,24H,11H2,(H2,21,26)(H2,22,23,25). The largest absolute Gasteiger partial charge is 0.373 e. The summed E-state index contributed by atoms with van der Waals surface area (Å²) in [7, 11) is 0. The van der Waals surface area contributed by atoms with Crippen LogP contribution in [0.2, 0.25) is 5.02 Å². The average Bonchev–Trinajstić information content (AvgIpc) is 2.63. The van der Waals surface area contributed by atoms with Crippen LogP contribution in [-0.2, 0) is 11.2 Å². The second kappa shape index (κ2) is 7.84. The van der Waals surface area contributed by atoms with Gasteiger partial charge >= 0.3 is 0 Å². The van der Waals surface area contributed by atoms with Crippen LogP contribution in [0.5, 0.6) is 0 Å². The molecule has 2 aromatic carbocycles. The number of nitrogen functional groups attached to an aromatic ring is 1. The molecule has 1 heterocycles. The van der Waals surface area contributed by atoms with E-state index in [0.717, 1.165) is 22.5 Å². The fourth-order valence-electron chi connectivity index (χ4n) is 2.55. The van der Waals surface area contributed by atoms with Crippen LogP contribution in [0.25, 0.3) is 11.3 Å². The highest BCUT2D eigenvalue weighted by Gasteiger charge is 2.16. The number of halogens is 1. The summed E-state index contributed by atoms with van der Waals surface area (Å²) < 4.78 is 0. The maximum absolute atomic E-state index is 11.8. The van der Waals surface area contributed by atoms with E-state index in [9.17, 15) is 4.79 Å². The first kappa shape index (κ1) is 17.7. The van der Waals surface area contributed by atoms with Gasteiger partial charge in [0.15, 0.2) is 0 Å². The van der Waals surface area contributed by atoms with Crippen molar-refractivity contribution in [3.63, 3.8) is 0 Å². The van der Waals surface area contributed by atoms with E-state index in [1.165, 1.54) is 0 Å². The van der Waals surface area contributed by atoms with Gasteiger partial charge in [-0.2, -0.15) is 0 Å². The van der Waals surface area contributed by atoms with E-state index in [2.05, 4.69) is 15.3 Å². The zero-order valence-corrected chi connectivity index (χ0v) is 14.6. The van der Waals surface area contributed by atoms with Crippen LogP contribution in [0.15, 0.2) is 60.8 Å². The van der Waals surface area contributed by atoms with E-state index < -0.39 is 11.9 Å². The average molecular weight is 368 g/mol. The van der Waals surface area contributed by atoms with Crippen molar-refractivity contribution in [2.24, 2.45) is 5.73 Å². The lowest BCUT2D eigenvalue weighted by Gasteiger charge is -2.17. The van der Waals surface area contributed by atoms with E-state index >= 15 is 0 Å². The van der Waals surface area contributed by atoms with Crippen molar-refractivity contribution in [3.05, 3.63) is 71.4 Å². The molecule has 0 spiro atoms. The van der Waals surface area contributed by atoms with Gasteiger partial charge in [-0.05, 0) is 35.9 Å². The number of hydrogen-bond donors (Lipinski definition) is 3. The maximum Gasteiger partial charge on any atom is 0.240 e. The molecule has 3 aromatic rings. The Morgan fingerprint density at radius 2 is 1.77 bits per heavy atom. The highest BCUT2D eigenvalue weighted by Crippen LogP contribution is 2.21. The highest BCUT2D eigenvalue weighted by molar-refractivity contribution is 6.30. The molecule has 6 nitrogen and oxygen atoms in total. The third kappa shape index (κ3) is 4.49. The SMILES string of the molecule is NC(=O)C(Cc1ccc(Cl)cc1)Nc1ccc(-c2ccnc(N)n2)cc1. The molecule has 26 heavy (non-hydrogen) atoms. The van der Waals surface area contributed by atoms with Crippen molar-refractivity contribution < 1.29 is 4.79 Å². The van der Waals surface area contributed by atoms with Gasteiger partial charge in [-0.15, -0.1) is 0 Å². The zero-order chi connectivity index (χ0) is 18.5. The summed E-state index contributed by atoms with van der Waals surface area (Å²) >= 11 is 5.89. The summed E-state index contributed by atoms with van der Waals surface area (Å²) in [6.07, 6.45) is 2.08. The fraction of sp³-hybridized carbons (Fsp3) is 0.105. The summed E-state index contributed by atoms with van der Waals surface area (Å²) in [5.74, 6) is -0.200. The molecule has 1 atom stereocenters. The van der Waals surface area contributed by atoms with Crippen LogP contribution >= 0.6 is 11.6 Å². The van der Waals surface area contributed by atoms with E-state index in [1.807, 2.05) is 36.4 Å². The Hall–Kier alpha value is -3.12. The number of primary amides is 1. The number of anilines is 2. The molecule has 1 aromatic heterocycles. The summed E-state index contributed by atoms with van der Waals surface area (Å²) in [5, 5.41) is 3.82. The second-order valence-electron chi connectivity index (χ2n) is 5.81. The number of hydrogen-bond acceptors (Lipinski definition) is 5. The van der Waals surface area contributed by atoms with Crippen molar-refractivity contribution in [1.82, 2.24) is 9.97 Å². The van der Waals surface area contributed by atoms with Crippen LogP contribution in [0.3, 0.4) is 0 Å². The van der Waals surface area contributed by atoms with Gasteiger partial charge in [-0.25, -0.2) is 9.97 Å². The number of nitrogens with two attached hydrogens (primary N) is 2. The Balaban J connectivity index is 1.73. The molecule has 0 saturated carbocycles. The molecule has 1 unspecified atom stereocenters. The van der Waals surface area contributed by atoms with E-state index in [0.29, 0.717) is 11.4 Å². The molecule has 0 saturated heterocycles. The van der Waals surface area contributed by atoms with Crippen LogP contribution in [0, 0.1) is 0 Å². The van der Waals surface area contributed by atoms with Gasteiger partial charge in [0, 0.05) is 28.9 Å². The molecule has 7 heteroatoms. The Morgan fingerprint density at radius 3 is 2.38 bits per heavy atom. The fourth-order valence-corrected chi connectivity index (χ4v) is 2.68. The first-order chi connectivity index (χ1) is 12.5. The smallest absolute Gasteiger partial charge is 0.240 e. The molecular weight excluding hydrogens is 350 g/mol. The molecule has 0 aliphatic heterocycles. The van der Waals surface area contributed by atoms with Crippen molar-refractivity contribution in [2.45, 2.75) is 12.5 Å². The molecule has 3 rings (SSSR count). The topological polar surface area (TPSA) is 107 Å². The van der Waals surface area contributed by atoms with E-state index in [-0.39, 0.29) is 5.95 Å². The van der Waals surface area contributed by atoms with Crippen molar-refractivity contribution >= 4 is 29.1 Å². The van der Waals surface area contributed by atoms with Gasteiger partial charge in [0.25, 0.3) is 0 Å². The lowest BCUT2D eigenvalue weighted by molar-refractivity contribution is -0.118. The number of nitrogens with zero attached hydrogens (tertiary/aromatic N) is 2. The molecule has 0 radical (unpaired) electrons. The van der Waals surface area contributed by atoms with Gasteiger partial charge in [-0.1, -0.05) is 35.9 Å². The van der Waals surface area contributed by atoms with Gasteiger partial charge in [0.2, 0.25) is 11.9 Å². The molecule has 1 amide bonds. The summed E-state index contributed by atoms with van der Waals surface area (Å²) in [4.78, 5) is 19.9. The Morgan fingerprint density at radius 1 is 1.08 bits per heavy atom. The van der Waals surface area contributed by atoms with Crippen molar-refractivity contribution in [2.75, 3.05) is 11.1 Å². The van der Waals surface area contributed by atoms with Crippen molar-refractivity contribution in [3.8, 4) is 11.3 Å². The van der Waals surface area contributed by atoms with E-state index in [1.54, 1.807) is 24.4 Å². The van der Waals surface area contributed by atoms with Crippen LogP contribution in [-0.4, -0.2) is 21.9 Å². The lowest BCUT2D eigenvalue weighted by Crippen LogP contribution is -2.37. The number of aromatic nitrogens is 2. The maximum atomic E-state index is 11.8. The molecule has 5 N–H and O–H groups in total. The summed E-state index contributed by atoms with van der Waals surface area (Å²) in [6, 6.07) is 16.1. The number of rotatable bonds is 6. The minimum absolute atomic E-state index is 0.224. The first-order valence-corrected chi connectivity index (χ1v) is 8.38. The zero-order valence-electron chi connectivity index (χ0n) is 13.9. The molecule has 0 aliphatic carbocycles.